The minimum Gasteiger partial charge on any atom is -0.462 e. The second kappa shape index (κ2) is 8.30. The van der Waals surface area contributed by atoms with Crippen LogP contribution in [0.5, 0.6) is 0 Å². The molecule has 0 saturated heterocycles. The lowest BCUT2D eigenvalue weighted by Crippen LogP contribution is -2.37. The van der Waals surface area contributed by atoms with E-state index in [1.807, 2.05) is 13.8 Å². The third-order valence-electron chi connectivity index (χ3n) is 4.78. The summed E-state index contributed by atoms with van der Waals surface area (Å²) in [5.74, 6) is -0.362. The molecule has 0 amide bonds. The van der Waals surface area contributed by atoms with Gasteiger partial charge < -0.3 is 10.1 Å². The third kappa shape index (κ3) is 3.91. The Hall–Kier alpha value is -3.42. The number of nitrogens with one attached hydrogen (secondary N) is 1. The summed E-state index contributed by atoms with van der Waals surface area (Å²) >= 11 is 0. The molecular formula is C21H24N4O4. The van der Waals surface area contributed by atoms with E-state index in [1.54, 1.807) is 37.5 Å². The van der Waals surface area contributed by atoms with E-state index in [2.05, 4.69) is 10.3 Å². The molecule has 8 heteroatoms. The lowest BCUT2D eigenvalue weighted by Gasteiger charge is -2.14. The van der Waals surface area contributed by atoms with Crippen molar-refractivity contribution in [3.8, 4) is 0 Å². The number of hydrogen-bond acceptors (Lipinski definition) is 6. The van der Waals surface area contributed by atoms with Crippen LogP contribution in [0, 0.1) is 6.92 Å². The van der Waals surface area contributed by atoms with Gasteiger partial charge in [0, 0.05) is 26.0 Å². The van der Waals surface area contributed by atoms with E-state index in [0.717, 1.165) is 23.0 Å². The molecule has 8 nitrogen and oxygen atoms in total. The molecule has 0 fully saturated rings. The summed E-state index contributed by atoms with van der Waals surface area (Å²) in [4.78, 5) is 41.2. The van der Waals surface area contributed by atoms with E-state index >= 15 is 0 Å². The van der Waals surface area contributed by atoms with Crippen molar-refractivity contribution in [2.75, 3.05) is 11.9 Å². The molecule has 2 aromatic heterocycles. The fourth-order valence-electron chi connectivity index (χ4n) is 3.01. The number of nitrogens with zero attached hydrogens (tertiary/aromatic N) is 3. The molecule has 1 aromatic carbocycles. The zero-order chi connectivity index (χ0) is 21.1. The number of benzene rings is 1. The van der Waals surface area contributed by atoms with Crippen LogP contribution in [-0.4, -0.2) is 26.7 Å². The molecule has 0 bridgehead atoms. The molecule has 0 spiro atoms. The van der Waals surface area contributed by atoms with Crippen molar-refractivity contribution in [2.45, 2.75) is 26.7 Å². The summed E-state index contributed by atoms with van der Waals surface area (Å²) in [6.07, 6.45) is 3.40. The van der Waals surface area contributed by atoms with Gasteiger partial charge in [0.1, 0.15) is 5.39 Å². The molecule has 0 unspecified atom stereocenters. The van der Waals surface area contributed by atoms with E-state index < -0.39 is 11.2 Å². The van der Waals surface area contributed by atoms with Gasteiger partial charge in [-0.3, -0.25) is 13.9 Å². The van der Waals surface area contributed by atoms with Crippen LogP contribution in [0.4, 0.5) is 11.4 Å². The number of esters is 1. The molecule has 0 aliphatic heterocycles. The number of aromatic nitrogens is 3. The zero-order valence-electron chi connectivity index (χ0n) is 17.0. The van der Waals surface area contributed by atoms with E-state index in [4.69, 9.17) is 4.74 Å². The molecule has 29 heavy (non-hydrogen) atoms. The van der Waals surface area contributed by atoms with Crippen molar-refractivity contribution in [3.05, 3.63) is 62.4 Å². The summed E-state index contributed by atoms with van der Waals surface area (Å²) in [6, 6.07) is 6.83. The quantitative estimate of drug-likeness (QED) is 0.508. The van der Waals surface area contributed by atoms with Crippen LogP contribution >= 0.6 is 0 Å². The molecule has 0 aliphatic rings. The lowest BCUT2D eigenvalue weighted by molar-refractivity contribution is 0.0500. The first-order valence-corrected chi connectivity index (χ1v) is 9.44. The van der Waals surface area contributed by atoms with Gasteiger partial charge in [-0.05, 0) is 43.2 Å². The van der Waals surface area contributed by atoms with Gasteiger partial charge in [0.2, 0.25) is 0 Å². The Bertz CT molecular complexity index is 1180. The average Bonchev–Trinajstić information content (AvgIpc) is 2.72. The topological polar surface area (TPSA) is 95.2 Å². The van der Waals surface area contributed by atoms with Gasteiger partial charge in [0.15, 0.2) is 5.65 Å². The number of aryl methyl sites for hydroxylation is 2. The van der Waals surface area contributed by atoms with E-state index in [0.29, 0.717) is 34.6 Å². The predicted octanol–water partition coefficient (Wildman–Crippen LogP) is 2.64. The first-order valence-electron chi connectivity index (χ1n) is 9.44. The van der Waals surface area contributed by atoms with E-state index in [9.17, 15) is 14.4 Å². The molecule has 152 valence electrons. The van der Waals surface area contributed by atoms with Crippen LogP contribution < -0.4 is 16.6 Å². The monoisotopic (exact) mass is 396 g/mol. The van der Waals surface area contributed by atoms with Crippen LogP contribution in [0.3, 0.4) is 0 Å². The van der Waals surface area contributed by atoms with Crippen molar-refractivity contribution in [1.29, 1.82) is 0 Å². The normalized spacial score (nSPS) is 10.9. The third-order valence-corrected chi connectivity index (χ3v) is 4.78. The Morgan fingerprint density at radius 2 is 1.83 bits per heavy atom. The SMILES string of the molecule is CCCCOC(=O)c1ccc(Nc2c(C)cnc3c2c(=O)n(C)c(=O)n3C)cc1. The van der Waals surface area contributed by atoms with Gasteiger partial charge in [0.05, 0.1) is 17.9 Å². The van der Waals surface area contributed by atoms with Crippen LogP contribution in [-0.2, 0) is 18.8 Å². The maximum Gasteiger partial charge on any atom is 0.338 e. The number of anilines is 2. The molecule has 0 aliphatic carbocycles. The van der Waals surface area contributed by atoms with Crippen LogP contribution in [0.25, 0.3) is 11.0 Å². The van der Waals surface area contributed by atoms with Gasteiger partial charge in [-0.1, -0.05) is 13.3 Å². The predicted molar refractivity (Wildman–Crippen MR) is 112 cm³/mol. The van der Waals surface area contributed by atoms with Crippen molar-refractivity contribution in [2.24, 2.45) is 14.1 Å². The summed E-state index contributed by atoms with van der Waals surface area (Å²) in [5, 5.41) is 3.56. The molecule has 0 saturated carbocycles. The van der Waals surface area contributed by atoms with Gasteiger partial charge in [-0.15, -0.1) is 0 Å². The fraction of sp³-hybridized carbons (Fsp3) is 0.333. The lowest BCUT2D eigenvalue weighted by atomic mass is 10.1. The molecule has 1 N–H and O–H groups in total. The smallest absolute Gasteiger partial charge is 0.338 e. The Morgan fingerprint density at radius 1 is 1.14 bits per heavy atom. The summed E-state index contributed by atoms with van der Waals surface area (Å²) < 4.78 is 7.62. The molecule has 2 heterocycles. The largest absolute Gasteiger partial charge is 0.462 e. The zero-order valence-corrected chi connectivity index (χ0v) is 17.0. The number of carbonyl (C=O) groups excluding carboxylic acids is 1. The number of rotatable bonds is 6. The molecular weight excluding hydrogens is 372 g/mol. The number of unbranched alkanes of at least 4 members (excludes halogenated alkanes) is 1. The van der Waals surface area contributed by atoms with Crippen LogP contribution in [0.2, 0.25) is 0 Å². The highest BCUT2D eigenvalue weighted by Gasteiger charge is 2.16. The molecule has 3 rings (SSSR count). The molecule has 0 radical (unpaired) electrons. The van der Waals surface area contributed by atoms with Gasteiger partial charge in [-0.25, -0.2) is 14.6 Å². The van der Waals surface area contributed by atoms with Crippen molar-refractivity contribution < 1.29 is 9.53 Å². The average molecular weight is 396 g/mol. The summed E-state index contributed by atoms with van der Waals surface area (Å²) in [5.41, 5.74) is 1.94. The van der Waals surface area contributed by atoms with Crippen LogP contribution in [0.1, 0.15) is 35.7 Å². The number of ether oxygens (including phenoxy) is 1. The highest BCUT2D eigenvalue weighted by Crippen LogP contribution is 2.26. The number of pyridine rings is 1. The Balaban J connectivity index is 1.97. The minimum atomic E-state index is -0.434. The van der Waals surface area contributed by atoms with Crippen molar-refractivity contribution in [1.82, 2.24) is 14.1 Å². The highest BCUT2D eigenvalue weighted by atomic mass is 16.5. The second-order valence-corrected chi connectivity index (χ2v) is 6.91. The van der Waals surface area contributed by atoms with E-state index in [-0.39, 0.29) is 5.97 Å². The standard InChI is InChI=1S/C21H24N4O4/c1-5-6-11-29-20(27)14-7-9-15(10-8-14)23-17-13(2)12-22-18-16(17)19(26)25(4)21(28)24(18)3/h7-10,12H,5-6,11H2,1-4H3,(H,22,23). The Morgan fingerprint density at radius 3 is 2.48 bits per heavy atom. The van der Waals surface area contributed by atoms with Crippen LogP contribution in [0.15, 0.2) is 40.1 Å². The molecule has 0 atom stereocenters. The second-order valence-electron chi connectivity index (χ2n) is 6.91. The number of hydrogen-bond donors (Lipinski definition) is 1. The first-order chi connectivity index (χ1) is 13.8. The minimum absolute atomic E-state index is 0.308. The summed E-state index contributed by atoms with van der Waals surface area (Å²) in [7, 11) is 3.02. The van der Waals surface area contributed by atoms with Gasteiger partial charge >= 0.3 is 11.7 Å². The van der Waals surface area contributed by atoms with Crippen molar-refractivity contribution in [3.63, 3.8) is 0 Å². The Kier molecular flexibility index (Phi) is 5.81. The summed E-state index contributed by atoms with van der Waals surface area (Å²) in [6.45, 7) is 4.27. The molecule has 3 aromatic rings. The maximum absolute atomic E-state index is 12.7. The van der Waals surface area contributed by atoms with Gasteiger partial charge in [-0.2, -0.15) is 0 Å². The highest BCUT2D eigenvalue weighted by molar-refractivity contribution is 5.93. The maximum atomic E-state index is 12.7. The van der Waals surface area contributed by atoms with Crippen molar-refractivity contribution >= 4 is 28.4 Å². The fourth-order valence-corrected chi connectivity index (χ4v) is 3.01. The first kappa shape index (κ1) is 20.3. The number of fused-ring (bicyclic) bond motifs is 1. The Labute approximate surface area is 167 Å². The van der Waals surface area contributed by atoms with E-state index in [1.165, 1.54) is 11.6 Å². The van der Waals surface area contributed by atoms with Gasteiger partial charge in [0.25, 0.3) is 5.56 Å². The number of carbonyl (C=O) groups is 1.